The van der Waals surface area contributed by atoms with E-state index in [2.05, 4.69) is 9.97 Å². The summed E-state index contributed by atoms with van der Waals surface area (Å²) in [5.41, 5.74) is 0.386. The van der Waals surface area contributed by atoms with E-state index in [4.69, 9.17) is 4.74 Å². The van der Waals surface area contributed by atoms with Crippen molar-refractivity contribution in [3.05, 3.63) is 52.0 Å². The zero-order valence-corrected chi connectivity index (χ0v) is 15.8. The number of benzene rings is 1. The molecule has 9 nitrogen and oxygen atoms in total. The Morgan fingerprint density at radius 1 is 1.19 bits per heavy atom. The van der Waals surface area contributed by atoms with Crippen LogP contribution in [0.4, 0.5) is 5.69 Å². The molecule has 0 saturated carbocycles. The minimum absolute atomic E-state index is 0.170. The number of sulfonamides is 1. The van der Waals surface area contributed by atoms with Crippen LogP contribution in [-0.2, 0) is 10.0 Å². The van der Waals surface area contributed by atoms with Crippen LogP contribution in [0.1, 0.15) is 24.4 Å². The first-order valence-corrected chi connectivity index (χ1v) is 9.94. The van der Waals surface area contributed by atoms with Crippen LogP contribution in [0.25, 0.3) is 0 Å². The molecule has 1 aromatic carbocycles. The van der Waals surface area contributed by atoms with Crippen molar-refractivity contribution in [2.45, 2.75) is 37.7 Å². The zero-order valence-electron chi connectivity index (χ0n) is 15.0. The van der Waals surface area contributed by atoms with Gasteiger partial charge >= 0.3 is 0 Å². The van der Waals surface area contributed by atoms with Gasteiger partial charge in [-0.25, -0.2) is 13.4 Å². The van der Waals surface area contributed by atoms with Crippen molar-refractivity contribution >= 4 is 15.7 Å². The van der Waals surface area contributed by atoms with Crippen LogP contribution in [0.2, 0.25) is 0 Å². The fraction of sp³-hybridized carbons (Fsp3) is 0.412. The van der Waals surface area contributed by atoms with Crippen molar-refractivity contribution in [3.8, 4) is 5.88 Å². The minimum Gasteiger partial charge on any atom is -0.474 e. The molecule has 0 amide bonds. The number of nitro groups is 1. The van der Waals surface area contributed by atoms with E-state index in [1.54, 1.807) is 13.0 Å². The zero-order chi connectivity index (χ0) is 19.6. The molecule has 3 rings (SSSR count). The fourth-order valence-electron chi connectivity index (χ4n) is 3.07. The molecule has 0 unspecified atom stereocenters. The van der Waals surface area contributed by atoms with E-state index in [-0.39, 0.29) is 24.1 Å². The maximum absolute atomic E-state index is 12.8. The number of hydrogen-bond donors (Lipinski definition) is 0. The summed E-state index contributed by atoms with van der Waals surface area (Å²) in [5.74, 6) is 1.08. The number of nitro benzene ring substituents is 1. The van der Waals surface area contributed by atoms with Crippen LogP contribution in [0.5, 0.6) is 5.88 Å². The highest BCUT2D eigenvalue weighted by atomic mass is 32.2. The van der Waals surface area contributed by atoms with E-state index in [1.165, 1.54) is 28.6 Å². The maximum Gasteiger partial charge on any atom is 0.289 e. The lowest BCUT2D eigenvalue weighted by molar-refractivity contribution is -0.387. The van der Waals surface area contributed by atoms with E-state index in [0.29, 0.717) is 24.5 Å². The molecule has 0 radical (unpaired) electrons. The Kier molecular flexibility index (Phi) is 5.38. The third-order valence-electron chi connectivity index (χ3n) is 4.31. The van der Waals surface area contributed by atoms with Crippen LogP contribution in [0.15, 0.2) is 35.2 Å². The summed E-state index contributed by atoms with van der Waals surface area (Å²) >= 11 is 0. The quantitative estimate of drug-likeness (QED) is 0.566. The normalized spacial score (nSPS) is 16.2. The second-order valence-electron chi connectivity index (χ2n) is 6.34. The summed E-state index contributed by atoms with van der Waals surface area (Å²) in [6.07, 6.45) is 0.778. The standard InChI is InChI=1S/C17H20N4O5S/c1-12-11-17(19-13(2)18-12)26-14-7-9-20(10-8-14)27(24,25)16-6-4-3-5-15(16)21(22)23/h3-6,11,14H,7-10H2,1-2H3. The SMILES string of the molecule is Cc1cc(OC2CCN(S(=O)(=O)c3ccccc3[N+](=O)[O-])CC2)nc(C)n1. The van der Waals surface area contributed by atoms with Gasteiger partial charge in [-0.3, -0.25) is 10.1 Å². The number of nitrogens with zero attached hydrogens (tertiary/aromatic N) is 4. The lowest BCUT2D eigenvalue weighted by atomic mass is 10.1. The van der Waals surface area contributed by atoms with Crippen molar-refractivity contribution in [1.29, 1.82) is 0 Å². The Balaban J connectivity index is 1.71. The molecule has 1 aliphatic rings. The van der Waals surface area contributed by atoms with Gasteiger partial charge in [0.2, 0.25) is 15.9 Å². The van der Waals surface area contributed by atoms with E-state index >= 15 is 0 Å². The molecule has 144 valence electrons. The molecule has 0 N–H and O–H groups in total. The van der Waals surface area contributed by atoms with E-state index in [0.717, 1.165) is 5.69 Å². The molecule has 1 saturated heterocycles. The van der Waals surface area contributed by atoms with Crippen molar-refractivity contribution < 1.29 is 18.1 Å². The smallest absolute Gasteiger partial charge is 0.289 e. The van der Waals surface area contributed by atoms with Crippen LogP contribution in [-0.4, -0.2) is 46.8 Å². The van der Waals surface area contributed by atoms with Gasteiger partial charge < -0.3 is 4.74 Å². The number of ether oxygens (including phenoxy) is 1. The van der Waals surface area contributed by atoms with Crippen molar-refractivity contribution in [3.63, 3.8) is 0 Å². The Hall–Kier alpha value is -2.59. The molecule has 2 aromatic rings. The van der Waals surface area contributed by atoms with Crippen molar-refractivity contribution in [1.82, 2.24) is 14.3 Å². The van der Waals surface area contributed by atoms with Gasteiger partial charge in [-0.2, -0.15) is 9.29 Å². The van der Waals surface area contributed by atoms with Crippen LogP contribution in [0.3, 0.4) is 0 Å². The van der Waals surface area contributed by atoms with Gasteiger partial charge in [0, 0.05) is 30.9 Å². The molecule has 1 fully saturated rings. The Bertz CT molecular complexity index is 935. The lowest BCUT2D eigenvalue weighted by Crippen LogP contribution is -2.42. The molecular weight excluding hydrogens is 372 g/mol. The van der Waals surface area contributed by atoms with Crippen LogP contribution >= 0.6 is 0 Å². The first kappa shape index (κ1) is 19.2. The predicted molar refractivity (Wildman–Crippen MR) is 97.0 cm³/mol. The lowest BCUT2D eigenvalue weighted by Gasteiger charge is -2.31. The molecule has 2 heterocycles. The first-order valence-electron chi connectivity index (χ1n) is 8.50. The highest BCUT2D eigenvalue weighted by Gasteiger charge is 2.34. The molecule has 0 spiro atoms. The second-order valence-corrected chi connectivity index (χ2v) is 8.25. The second kappa shape index (κ2) is 7.57. The Morgan fingerprint density at radius 3 is 2.48 bits per heavy atom. The molecular formula is C17H20N4O5S. The van der Waals surface area contributed by atoms with Gasteiger partial charge in [0.05, 0.1) is 4.92 Å². The van der Waals surface area contributed by atoms with E-state index in [9.17, 15) is 18.5 Å². The summed E-state index contributed by atoms with van der Waals surface area (Å²) in [7, 11) is -3.94. The molecule has 0 atom stereocenters. The average molecular weight is 392 g/mol. The number of para-hydroxylation sites is 1. The maximum atomic E-state index is 12.8. The van der Waals surface area contributed by atoms with Gasteiger partial charge in [0.25, 0.3) is 5.69 Å². The number of rotatable bonds is 5. The predicted octanol–water partition coefficient (Wildman–Crippen LogP) is 2.23. The number of piperidine rings is 1. The first-order chi connectivity index (χ1) is 12.8. The molecule has 0 bridgehead atoms. The van der Waals surface area contributed by atoms with Gasteiger partial charge in [-0.05, 0) is 32.8 Å². The highest BCUT2D eigenvalue weighted by molar-refractivity contribution is 7.89. The summed E-state index contributed by atoms with van der Waals surface area (Å²) in [6, 6.07) is 7.13. The molecule has 1 aliphatic heterocycles. The minimum atomic E-state index is -3.94. The van der Waals surface area contributed by atoms with Crippen LogP contribution < -0.4 is 4.74 Å². The molecule has 10 heteroatoms. The van der Waals surface area contributed by atoms with Gasteiger partial charge in [-0.15, -0.1) is 0 Å². The van der Waals surface area contributed by atoms with Crippen molar-refractivity contribution in [2.24, 2.45) is 0 Å². The van der Waals surface area contributed by atoms with E-state index in [1.807, 2.05) is 6.92 Å². The summed E-state index contributed by atoms with van der Waals surface area (Å²) in [5, 5.41) is 11.2. The van der Waals surface area contributed by atoms with Crippen LogP contribution in [0, 0.1) is 24.0 Å². The Labute approximate surface area is 157 Å². The number of hydrogen-bond acceptors (Lipinski definition) is 7. The topological polar surface area (TPSA) is 116 Å². The van der Waals surface area contributed by atoms with Gasteiger partial charge in [0.1, 0.15) is 11.9 Å². The van der Waals surface area contributed by atoms with Gasteiger partial charge in [-0.1, -0.05) is 12.1 Å². The summed E-state index contributed by atoms with van der Waals surface area (Å²) in [6.45, 7) is 4.08. The van der Waals surface area contributed by atoms with Crippen molar-refractivity contribution in [2.75, 3.05) is 13.1 Å². The highest BCUT2D eigenvalue weighted by Crippen LogP contribution is 2.29. The Morgan fingerprint density at radius 2 is 1.85 bits per heavy atom. The van der Waals surface area contributed by atoms with E-state index < -0.39 is 20.6 Å². The largest absolute Gasteiger partial charge is 0.474 e. The monoisotopic (exact) mass is 392 g/mol. The summed E-state index contributed by atoms with van der Waals surface area (Å²) < 4.78 is 32.8. The fourth-order valence-corrected chi connectivity index (χ4v) is 4.70. The third kappa shape index (κ3) is 4.22. The molecule has 1 aromatic heterocycles. The number of aromatic nitrogens is 2. The summed E-state index contributed by atoms with van der Waals surface area (Å²) in [4.78, 5) is 18.6. The average Bonchev–Trinajstić information content (AvgIpc) is 2.61. The number of aryl methyl sites for hydroxylation is 2. The third-order valence-corrected chi connectivity index (χ3v) is 6.26. The molecule has 0 aliphatic carbocycles. The van der Waals surface area contributed by atoms with Gasteiger partial charge in [0.15, 0.2) is 4.90 Å². The molecule has 27 heavy (non-hydrogen) atoms.